The second-order valence-corrected chi connectivity index (χ2v) is 4.98. The van der Waals surface area contributed by atoms with Gasteiger partial charge in [0.15, 0.2) is 4.77 Å². The van der Waals surface area contributed by atoms with Crippen molar-refractivity contribution in [3.8, 4) is 17.0 Å². The van der Waals surface area contributed by atoms with Crippen LogP contribution in [-0.2, 0) is 13.0 Å². The summed E-state index contributed by atoms with van der Waals surface area (Å²) in [5, 5.41) is 9.19. The number of hydrogen-bond acceptors (Lipinski definition) is 4. The average molecular weight is 290 g/mol. The second-order valence-electron chi connectivity index (χ2n) is 4.59. The van der Waals surface area contributed by atoms with Crippen molar-refractivity contribution in [2.75, 3.05) is 13.2 Å². The Bertz CT molecular complexity index is 764. The molecule has 0 unspecified atom stereocenters. The Morgan fingerprint density at radius 3 is 3.10 bits per heavy atom. The van der Waals surface area contributed by atoms with E-state index in [1.807, 2.05) is 18.2 Å². The van der Waals surface area contributed by atoms with Crippen LogP contribution >= 0.6 is 12.2 Å². The van der Waals surface area contributed by atoms with Crippen LogP contribution in [0.25, 0.3) is 11.3 Å². The number of hydrogen-bond donors (Lipinski definition) is 2. The predicted octanol–water partition coefficient (Wildman–Crippen LogP) is 1.50. The third-order valence-electron chi connectivity index (χ3n) is 3.35. The highest BCUT2D eigenvalue weighted by Gasteiger charge is 2.19. The molecule has 0 aliphatic carbocycles. The van der Waals surface area contributed by atoms with Crippen LogP contribution < -0.4 is 10.3 Å². The fourth-order valence-corrected chi connectivity index (χ4v) is 2.77. The molecule has 0 bridgehead atoms. The summed E-state index contributed by atoms with van der Waals surface area (Å²) in [6, 6.07) is 7.35. The average Bonchev–Trinajstić information content (AvgIpc) is 2.90. The molecule has 104 valence electrons. The van der Waals surface area contributed by atoms with Crippen LogP contribution in [0.3, 0.4) is 0 Å². The van der Waals surface area contributed by atoms with Crippen molar-refractivity contribution >= 4 is 12.2 Å². The van der Waals surface area contributed by atoms with E-state index in [1.165, 1.54) is 6.07 Å². The maximum Gasteiger partial charge on any atom is 0.252 e. The number of nitrogens with one attached hydrogen (secondary N) is 1. The molecule has 0 saturated carbocycles. The molecule has 6 heteroatoms. The largest absolute Gasteiger partial charge is 0.492 e. The Labute approximate surface area is 120 Å². The van der Waals surface area contributed by atoms with Crippen LogP contribution in [0.15, 0.2) is 29.1 Å². The molecule has 1 aliphatic heterocycles. The quantitative estimate of drug-likeness (QED) is 0.841. The fraction of sp³-hybridized carbons (Fsp3) is 0.286. The van der Waals surface area contributed by atoms with Crippen molar-refractivity contribution in [1.82, 2.24) is 9.55 Å². The van der Waals surface area contributed by atoms with Gasteiger partial charge in [0, 0.05) is 24.6 Å². The van der Waals surface area contributed by atoms with Crippen molar-refractivity contribution in [3.05, 3.63) is 45.0 Å². The Kier molecular flexibility index (Phi) is 3.42. The van der Waals surface area contributed by atoms with Crippen LogP contribution in [0.1, 0.15) is 5.56 Å². The minimum Gasteiger partial charge on any atom is -0.492 e. The highest BCUT2D eigenvalue weighted by molar-refractivity contribution is 7.71. The number of ether oxygens (including phenoxy) is 1. The maximum atomic E-state index is 11.7. The van der Waals surface area contributed by atoms with E-state index in [0.29, 0.717) is 23.6 Å². The standard InChI is InChI=1S/C14H14N2O3S/c17-6-5-16-11(8-12(18)15-14(16)20)10-3-1-2-9-4-7-19-13(9)10/h1-3,8,17H,4-7H2,(H,15,18,20). The van der Waals surface area contributed by atoms with Gasteiger partial charge in [0.1, 0.15) is 5.75 Å². The molecule has 0 saturated heterocycles. The van der Waals surface area contributed by atoms with Crippen molar-refractivity contribution in [1.29, 1.82) is 0 Å². The van der Waals surface area contributed by atoms with Gasteiger partial charge in [-0.2, -0.15) is 0 Å². The van der Waals surface area contributed by atoms with Gasteiger partial charge in [0.2, 0.25) is 0 Å². The fourth-order valence-electron chi connectivity index (χ4n) is 2.48. The third-order valence-corrected chi connectivity index (χ3v) is 3.67. The molecule has 1 aromatic carbocycles. The number of fused-ring (bicyclic) bond motifs is 1. The Morgan fingerprint density at radius 1 is 1.45 bits per heavy atom. The number of benzene rings is 1. The molecular formula is C14H14N2O3S. The van der Waals surface area contributed by atoms with E-state index in [9.17, 15) is 9.90 Å². The first kappa shape index (κ1) is 13.1. The number of aromatic amines is 1. The number of rotatable bonds is 3. The molecule has 2 heterocycles. The summed E-state index contributed by atoms with van der Waals surface area (Å²) in [5.41, 5.74) is 2.39. The van der Waals surface area contributed by atoms with Crippen molar-refractivity contribution < 1.29 is 9.84 Å². The number of para-hydroxylation sites is 1. The molecule has 2 N–H and O–H groups in total. The van der Waals surface area contributed by atoms with Crippen molar-refractivity contribution in [3.63, 3.8) is 0 Å². The molecule has 0 amide bonds. The summed E-state index contributed by atoms with van der Waals surface area (Å²) in [4.78, 5) is 14.3. The van der Waals surface area contributed by atoms with Crippen molar-refractivity contribution in [2.45, 2.75) is 13.0 Å². The van der Waals surface area contributed by atoms with Gasteiger partial charge in [-0.25, -0.2) is 0 Å². The van der Waals surface area contributed by atoms with Crippen LogP contribution in [0, 0.1) is 4.77 Å². The number of aliphatic hydroxyl groups is 1. The molecule has 2 aromatic rings. The zero-order valence-corrected chi connectivity index (χ0v) is 11.6. The first-order valence-electron chi connectivity index (χ1n) is 6.41. The molecule has 0 spiro atoms. The Morgan fingerprint density at radius 2 is 2.30 bits per heavy atom. The highest BCUT2D eigenvalue weighted by atomic mass is 32.1. The van der Waals surface area contributed by atoms with Gasteiger partial charge >= 0.3 is 0 Å². The number of aromatic nitrogens is 2. The summed E-state index contributed by atoms with van der Waals surface area (Å²) in [7, 11) is 0. The number of H-pyrrole nitrogens is 1. The van der Waals surface area contributed by atoms with Gasteiger partial charge in [-0.05, 0) is 23.8 Å². The monoisotopic (exact) mass is 290 g/mol. The first-order valence-corrected chi connectivity index (χ1v) is 6.81. The summed E-state index contributed by atoms with van der Waals surface area (Å²) in [6.45, 7) is 0.925. The molecule has 0 fully saturated rings. The van der Waals surface area contributed by atoms with E-state index in [-0.39, 0.29) is 12.2 Å². The lowest BCUT2D eigenvalue weighted by atomic mass is 10.1. The Balaban J connectivity index is 2.27. The van der Waals surface area contributed by atoms with Crippen molar-refractivity contribution in [2.24, 2.45) is 0 Å². The van der Waals surface area contributed by atoms with E-state index in [4.69, 9.17) is 17.0 Å². The zero-order valence-electron chi connectivity index (χ0n) is 10.8. The molecule has 0 atom stereocenters. The molecule has 20 heavy (non-hydrogen) atoms. The van der Waals surface area contributed by atoms with E-state index >= 15 is 0 Å². The van der Waals surface area contributed by atoms with Gasteiger partial charge in [-0.15, -0.1) is 0 Å². The summed E-state index contributed by atoms with van der Waals surface area (Å²) >= 11 is 5.18. The smallest absolute Gasteiger partial charge is 0.252 e. The third kappa shape index (κ3) is 2.17. The van der Waals surface area contributed by atoms with E-state index in [1.54, 1.807) is 4.57 Å². The summed E-state index contributed by atoms with van der Waals surface area (Å²) in [6.07, 6.45) is 0.868. The molecule has 1 aliphatic rings. The van der Waals surface area contributed by atoms with Gasteiger partial charge in [0.25, 0.3) is 5.56 Å². The van der Waals surface area contributed by atoms with E-state index < -0.39 is 0 Å². The summed E-state index contributed by atoms with van der Waals surface area (Å²) < 4.78 is 7.69. The normalized spacial score (nSPS) is 13.1. The lowest BCUT2D eigenvalue weighted by Crippen LogP contribution is -2.16. The molecule has 5 nitrogen and oxygen atoms in total. The van der Waals surface area contributed by atoms with Gasteiger partial charge in [-0.3, -0.25) is 9.78 Å². The maximum absolute atomic E-state index is 11.7. The number of nitrogens with zero attached hydrogens (tertiary/aromatic N) is 1. The minimum atomic E-state index is -0.255. The lowest BCUT2D eigenvalue weighted by Gasteiger charge is -2.14. The van der Waals surface area contributed by atoms with E-state index in [0.717, 1.165) is 23.3 Å². The van der Waals surface area contributed by atoms with E-state index in [2.05, 4.69) is 4.98 Å². The minimum absolute atomic E-state index is 0.0523. The van der Waals surface area contributed by atoms with Gasteiger partial charge < -0.3 is 14.4 Å². The van der Waals surface area contributed by atoms with Gasteiger partial charge in [0.05, 0.1) is 18.9 Å². The van der Waals surface area contributed by atoms with Crippen LogP contribution in [0.4, 0.5) is 0 Å². The number of aliphatic hydroxyl groups excluding tert-OH is 1. The zero-order chi connectivity index (χ0) is 14.1. The SMILES string of the molecule is O=c1cc(-c2cccc3c2OCC3)n(CCO)c(=S)[nH]1. The topological polar surface area (TPSA) is 67.2 Å². The van der Waals surface area contributed by atoms with Gasteiger partial charge in [-0.1, -0.05) is 12.1 Å². The van der Waals surface area contributed by atoms with Crippen LogP contribution in [0.2, 0.25) is 0 Å². The van der Waals surface area contributed by atoms with Crippen LogP contribution in [0.5, 0.6) is 5.75 Å². The predicted molar refractivity (Wildman–Crippen MR) is 77.6 cm³/mol. The lowest BCUT2D eigenvalue weighted by molar-refractivity contribution is 0.275. The first-order chi connectivity index (χ1) is 9.70. The summed E-state index contributed by atoms with van der Waals surface area (Å²) in [5.74, 6) is 0.805. The molecule has 1 aromatic heterocycles. The second kappa shape index (κ2) is 5.22. The molecular weight excluding hydrogens is 276 g/mol. The Hall–Kier alpha value is -1.92. The molecule has 0 radical (unpaired) electrons. The molecule has 3 rings (SSSR count). The highest BCUT2D eigenvalue weighted by Crippen LogP contribution is 2.36. The van der Waals surface area contributed by atoms with Crippen LogP contribution in [-0.4, -0.2) is 27.9 Å².